The van der Waals surface area contributed by atoms with Gasteiger partial charge in [0.25, 0.3) is 0 Å². The number of hydrogen-bond donors (Lipinski definition) is 1. The van der Waals surface area contributed by atoms with Gasteiger partial charge in [-0.1, -0.05) is 54.0 Å². The number of carbonyl (C=O) groups excluding carboxylic acids is 2. The largest absolute Gasteiger partial charge is 0.357 e. The van der Waals surface area contributed by atoms with Gasteiger partial charge in [-0.3, -0.25) is 14.5 Å². The van der Waals surface area contributed by atoms with E-state index >= 15 is 0 Å². The molecule has 1 aliphatic heterocycles. The molecule has 5 heteroatoms. The molecule has 0 aromatic heterocycles. The zero-order valence-electron chi connectivity index (χ0n) is 16.3. The fourth-order valence-corrected chi connectivity index (χ4v) is 4.56. The summed E-state index contributed by atoms with van der Waals surface area (Å²) in [6, 6.07) is 15.2. The van der Waals surface area contributed by atoms with E-state index in [1.54, 1.807) is 11.8 Å². The van der Waals surface area contributed by atoms with Crippen molar-refractivity contribution in [3.05, 3.63) is 69.8 Å². The Kier molecular flexibility index (Phi) is 4.66. The van der Waals surface area contributed by atoms with Crippen LogP contribution in [0.3, 0.4) is 0 Å². The van der Waals surface area contributed by atoms with Crippen molar-refractivity contribution >= 4 is 39.0 Å². The standard InChI is InChI=1S/C23H23BrN2O2/c1-14(27)26-19-7-5-4-6-17(19)25-18-12-23(2,3)13-20(28)21(18)22(26)15-8-10-16(24)11-9-15/h4-11,22,25H,12-13H2,1-3H3/t22-/m0/s1. The van der Waals surface area contributed by atoms with Crippen LogP contribution in [0.4, 0.5) is 11.4 Å². The van der Waals surface area contributed by atoms with Gasteiger partial charge in [0.2, 0.25) is 5.91 Å². The van der Waals surface area contributed by atoms with Gasteiger partial charge >= 0.3 is 0 Å². The van der Waals surface area contributed by atoms with Crippen LogP contribution in [0, 0.1) is 5.41 Å². The third-order valence-corrected chi connectivity index (χ3v) is 5.95. The van der Waals surface area contributed by atoms with Crippen molar-refractivity contribution in [1.29, 1.82) is 0 Å². The van der Waals surface area contributed by atoms with Gasteiger partial charge in [0.1, 0.15) is 0 Å². The molecule has 4 rings (SSSR count). The Morgan fingerprint density at radius 1 is 1.11 bits per heavy atom. The van der Waals surface area contributed by atoms with Crippen molar-refractivity contribution < 1.29 is 9.59 Å². The van der Waals surface area contributed by atoms with Crippen LogP contribution in [0.2, 0.25) is 0 Å². The maximum absolute atomic E-state index is 13.3. The third kappa shape index (κ3) is 3.28. The number of anilines is 2. The summed E-state index contributed by atoms with van der Waals surface area (Å²) in [5.74, 6) is 0.0132. The molecule has 0 bridgehead atoms. The molecule has 28 heavy (non-hydrogen) atoms. The SMILES string of the molecule is CC(=O)N1c2ccccc2NC2=C(C(=O)CC(C)(C)C2)[C@@H]1c1ccc(Br)cc1. The molecule has 0 saturated carbocycles. The lowest BCUT2D eigenvalue weighted by molar-refractivity contribution is -0.118. The summed E-state index contributed by atoms with van der Waals surface area (Å²) in [5, 5.41) is 3.50. The average Bonchev–Trinajstić information content (AvgIpc) is 2.75. The van der Waals surface area contributed by atoms with Gasteiger partial charge in [0.05, 0.1) is 17.4 Å². The van der Waals surface area contributed by atoms with Gasteiger partial charge in [0, 0.05) is 29.1 Å². The lowest BCUT2D eigenvalue weighted by Crippen LogP contribution is -2.38. The van der Waals surface area contributed by atoms with E-state index in [4.69, 9.17) is 0 Å². The minimum absolute atomic E-state index is 0.0893. The van der Waals surface area contributed by atoms with Crippen LogP contribution in [0.15, 0.2) is 64.3 Å². The maximum atomic E-state index is 13.3. The molecular formula is C23H23BrN2O2. The summed E-state index contributed by atoms with van der Waals surface area (Å²) in [6.45, 7) is 5.79. The molecule has 1 atom stereocenters. The van der Waals surface area contributed by atoms with Gasteiger partial charge in [-0.25, -0.2) is 0 Å². The van der Waals surface area contributed by atoms with Crippen molar-refractivity contribution in [3.8, 4) is 0 Å². The molecule has 1 aliphatic carbocycles. The van der Waals surface area contributed by atoms with E-state index in [9.17, 15) is 9.59 Å². The molecule has 1 N–H and O–H groups in total. The molecule has 144 valence electrons. The number of hydrogen-bond acceptors (Lipinski definition) is 3. The molecule has 0 fully saturated rings. The number of ketones is 1. The number of allylic oxidation sites excluding steroid dienone is 1. The van der Waals surface area contributed by atoms with Gasteiger partial charge in [0.15, 0.2) is 5.78 Å². The normalized spacial score (nSPS) is 20.8. The van der Waals surface area contributed by atoms with Crippen LogP contribution in [0.1, 0.15) is 45.2 Å². The minimum atomic E-state index is -0.444. The first-order valence-corrected chi connectivity index (χ1v) is 10.2. The van der Waals surface area contributed by atoms with E-state index < -0.39 is 6.04 Å². The Balaban J connectivity index is 2.00. The molecule has 0 unspecified atom stereocenters. The van der Waals surface area contributed by atoms with Crippen LogP contribution in [-0.4, -0.2) is 11.7 Å². The summed E-state index contributed by atoms with van der Waals surface area (Å²) in [4.78, 5) is 27.9. The number of para-hydroxylation sites is 2. The molecule has 1 heterocycles. The molecule has 4 nitrogen and oxygen atoms in total. The highest BCUT2D eigenvalue weighted by molar-refractivity contribution is 9.10. The Morgan fingerprint density at radius 3 is 2.46 bits per heavy atom. The lowest BCUT2D eigenvalue weighted by atomic mass is 9.73. The highest BCUT2D eigenvalue weighted by Gasteiger charge is 2.42. The van der Waals surface area contributed by atoms with Crippen molar-refractivity contribution in [2.45, 2.75) is 39.7 Å². The first-order valence-electron chi connectivity index (χ1n) is 9.44. The number of fused-ring (bicyclic) bond motifs is 1. The summed E-state index contributed by atoms with van der Waals surface area (Å²) in [7, 11) is 0. The number of carbonyl (C=O) groups is 2. The van der Waals surface area contributed by atoms with Gasteiger partial charge < -0.3 is 5.32 Å². The average molecular weight is 439 g/mol. The zero-order chi connectivity index (χ0) is 20.1. The lowest BCUT2D eigenvalue weighted by Gasteiger charge is -2.36. The Hall–Kier alpha value is -2.40. The van der Waals surface area contributed by atoms with Gasteiger partial charge in [-0.2, -0.15) is 0 Å². The smallest absolute Gasteiger partial charge is 0.224 e. The van der Waals surface area contributed by atoms with E-state index in [-0.39, 0.29) is 17.1 Å². The number of rotatable bonds is 1. The number of nitrogens with one attached hydrogen (secondary N) is 1. The molecular weight excluding hydrogens is 416 g/mol. The zero-order valence-corrected chi connectivity index (χ0v) is 17.8. The Bertz CT molecular complexity index is 992. The number of nitrogens with zero attached hydrogens (tertiary/aromatic N) is 1. The molecule has 2 aromatic carbocycles. The third-order valence-electron chi connectivity index (χ3n) is 5.43. The van der Waals surface area contributed by atoms with E-state index in [1.165, 1.54) is 0 Å². The van der Waals surface area contributed by atoms with E-state index in [0.29, 0.717) is 12.0 Å². The van der Waals surface area contributed by atoms with Crippen LogP contribution < -0.4 is 10.2 Å². The van der Waals surface area contributed by atoms with Crippen LogP contribution in [0.5, 0.6) is 0 Å². The Morgan fingerprint density at radius 2 is 1.79 bits per heavy atom. The highest BCUT2D eigenvalue weighted by atomic mass is 79.9. The molecule has 0 spiro atoms. The summed E-state index contributed by atoms with van der Waals surface area (Å²) < 4.78 is 0.961. The first kappa shape index (κ1) is 18.9. The van der Waals surface area contributed by atoms with Crippen molar-refractivity contribution in [1.82, 2.24) is 0 Å². The second-order valence-electron chi connectivity index (χ2n) is 8.32. The molecule has 0 radical (unpaired) electrons. The quantitative estimate of drug-likeness (QED) is 0.628. The van der Waals surface area contributed by atoms with E-state index in [2.05, 4.69) is 35.1 Å². The van der Waals surface area contributed by atoms with Gasteiger partial charge in [-0.05, 0) is 41.7 Å². The van der Waals surface area contributed by atoms with Crippen LogP contribution >= 0.6 is 15.9 Å². The predicted molar refractivity (Wildman–Crippen MR) is 115 cm³/mol. The van der Waals surface area contributed by atoms with Crippen LogP contribution in [-0.2, 0) is 9.59 Å². The molecule has 0 saturated heterocycles. The van der Waals surface area contributed by atoms with E-state index in [1.807, 2.05) is 48.5 Å². The summed E-state index contributed by atoms with van der Waals surface area (Å²) in [5.41, 5.74) is 4.09. The topological polar surface area (TPSA) is 49.4 Å². The fourth-order valence-electron chi connectivity index (χ4n) is 4.30. The fraction of sp³-hybridized carbons (Fsp3) is 0.304. The summed E-state index contributed by atoms with van der Waals surface area (Å²) >= 11 is 3.48. The number of Topliss-reactive ketones (excluding diaryl/α,β-unsaturated/α-hetero) is 1. The van der Waals surface area contributed by atoms with Crippen molar-refractivity contribution in [2.75, 3.05) is 10.2 Å². The number of benzene rings is 2. The minimum Gasteiger partial charge on any atom is -0.357 e. The maximum Gasteiger partial charge on any atom is 0.224 e. The van der Waals surface area contributed by atoms with Crippen LogP contribution in [0.25, 0.3) is 0 Å². The molecule has 2 aromatic rings. The number of halogens is 1. The van der Waals surface area contributed by atoms with Crippen molar-refractivity contribution in [2.24, 2.45) is 5.41 Å². The molecule has 1 amide bonds. The highest BCUT2D eigenvalue weighted by Crippen LogP contribution is 2.48. The first-order chi connectivity index (χ1) is 13.3. The summed E-state index contributed by atoms with van der Waals surface area (Å²) in [6.07, 6.45) is 1.24. The predicted octanol–water partition coefficient (Wildman–Crippen LogP) is 5.61. The molecule has 2 aliphatic rings. The van der Waals surface area contributed by atoms with E-state index in [0.717, 1.165) is 33.5 Å². The van der Waals surface area contributed by atoms with Gasteiger partial charge in [-0.15, -0.1) is 0 Å². The monoisotopic (exact) mass is 438 g/mol. The number of amides is 1. The second-order valence-corrected chi connectivity index (χ2v) is 9.23. The van der Waals surface area contributed by atoms with Crippen molar-refractivity contribution in [3.63, 3.8) is 0 Å². The Labute approximate surface area is 173 Å². The second kappa shape index (κ2) is 6.89.